The van der Waals surface area contributed by atoms with E-state index in [-0.39, 0.29) is 11.7 Å². The molecule has 1 aromatic heterocycles. The Bertz CT molecular complexity index is 282. The van der Waals surface area contributed by atoms with Crippen molar-refractivity contribution < 1.29 is 9.90 Å². The van der Waals surface area contributed by atoms with Gasteiger partial charge in [0.2, 0.25) is 0 Å². The van der Waals surface area contributed by atoms with E-state index in [1.165, 1.54) is 6.20 Å². The zero-order chi connectivity index (χ0) is 9.14. The van der Waals surface area contributed by atoms with Gasteiger partial charge in [0, 0.05) is 0 Å². The lowest BCUT2D eigenvalue weighted by molar-refractivity contribution is 0.0691. The smallest absolute Gasteiger partial charge is 0.353 e. The minimum Gasteiger partial charge on any atom is -0.477 e. The van der Waals surface area contributed by atoms with Gasteiger partial charge >= 0.3 is 5.97 Å². The minimum atomic E-state index is -0.989. The monoisotopic (exact) mass is 169 g/mol. The van der Waals surface area contributed by atoms with Gasteiger partial charge in [0.05, 0.1) is 12.2 Å². The summed E-state index contributed by atoms with van der Waals surface area (Å²) in [6.07, 6.45) is 1.31. The molecular weight excluding hydrogens is 158 g/mol. The van der Waals surface area contributed by atoms with E-state index in [0.29, 0.717) is 5.82 Å². The number of rotatable bonds is 3. The molecule has 1 aromatic rings. The van der Waals surface area contributed by atoms with Crippen LogP contribution in [0.5, 0.6) is 0 Å². The van der Waals surface area contributed by atoms with Crippen LogP contribution in [0.15, 0.2) is 6.20 Å². The minimum absolute atomic E-state index is 0.0399. The molecule has 0 saturated heterocycles. The van der Waals surface area contributed by atoms with Crippen LogP contribution in [0.3, 0.4) is 0 Å². The fourth-order valence-corrected chi connectivity index (χ4v) is 0.802. The highest BCUT2D eigenvalue weighted by Crippen LogP contribution is 2.06. The van der Waals surface area contributed by atoms with Crippen molar-refractivity contribution in [2.75, 3.05) is 7.05 Å². The van der Waals surface area contributed by atoms with Crippen molar-refractivity contribution in [3.05, 3.63) is 17.7 Å². The number of nitrogens with zero attached hydrogens (tertiary/aromatic N) is 1. The molecule has 5 heteroatoms. The van der Waals surface area contributed by atoms with Gasteiger partial charge in [-0.15, -0.1) is 0 Å². The van der Waals surface area contributed by atoms with Crippen LogP contribution in [-0.4, -0.2) is 28.1 Å². The molecule has 1 unspecified atom stereocenters. The molecule has 66 valence electrons. The molecule has 1 heterocycles. The Morgan fingerprint density at radius 3 is 2.92 bits per heavy atom. The average molecular weight is 169 g/mol. The van der Waals surface area contributed by atoms with Gasteiger partial charge < -0.3 is 15.4 Å². The van der Waals surface area contributed by atoms with Gasteiger partial charge in [0.1, 0.15) is 11.5 Å². The number of hydrogen-bond donors (Lipinski definition) is 3. The Balaban J connectivity index is 2.84. The van der Waals surface area contributed by atoms with Crippen molar-refractivity contribution >= 4 is 5.97 Å². The Labute approximate surface area is 69.8 Å². The zero-order valence-electron chi connectivity index (χ0n) is 6.96. The lowest BCUT2D eigenvalue weighted by atomic mass is 10.3. The molecule has 1 atom stereocenters. The Morgan fingerprint density at radius 1 is 1.83 bits per heavy atom. The van der Waals surface area contributed by atoms with E-state index in [1.807, 2.05) is 6.92 Å². The number of hydrogen-bond acceptors (Lipinski definition) is 3. The Hall–Kier alpha value is -1.36. The topological polar surface area (TPSA) is 78.0 Å². The predicted octanol–water partition coefficient (Wildman–Crippen LogP) is 0.388. The van der Waals surface area contributed by atoms with Gasteiger partial charge in [-0.3, -0.25) is 0 Å². The van der Waals surface area contributed by atoms with Crippen molar-refractivity contribution in [2.45, 2.75) is 13.0 Å². The van der Waals surface area contributed by atoms with Gasteiger partial charge in [-0.25, -0.2) is 9.78 Å². The van der Waals surface area contributed by atoms with Crippen molar-refractivity contribution in [3.63, 3.8) is 0 Å². The number of nitrogens with one attached hydrogen (secondary N) is 2. The van der Waals surface area contributed by atoms with E-state index >= 15 is 0 Å². The zero-order valence-corrected chi connectivity index (χ0v) is 6.96. The molecule has 0 amide bonds. The second kappa shape index (κ2) is 3.36. The lowest BCUT2D eigenvalue weighted by Crippen LogP contribution is -2.13. The van der Waals surface area contributed by atoms with E-state index in [2.05, 4.69) is 15.3 Å². The van der Waals surface area contributed by atoms with E-state index in [4.69, 9.17) is 5.11 Å². The van der Waals surface area contributed by atoms with Crippen molar-refractivity contribution in [3.8, 4) is 0 Å². The third-order valence-corrected chi connectivity index (χ3v) is 1.67. The number of imidazole rings is 1. The highest BCUT2D eigenvalue weighted by molar-refractivity contribution is 5.85. The summed E-state index contributed by atoms with van der Waals surface area (Å²) in [5, 5.41) is 11.5. The summed E-state index contributed by atoms with van der Waals surface area (Å²) < 4.78 is 0. The highest BCUT2D eigenvalue weighted by atomic mass is 16.4. The second-order valence-corrected chi connectivity index (χ2v) is 2.50. The number of aromatic amines is 1. The number of carboxylic acids is 1. The molecule has 0 aromatic carbocycles. The molecule has 0 fully saturated rings. The van der Waals surface area contributed by atoms with Crippen LogP contribution in [0, 0.1) is 0 Å². The van der Waals surface area contributed by atoms with Crippen molar-refractivity contribution in [2.24, 2.45) is 0 Å². The average Bonchev–Trinajstić information content (AvgIpc) is 2.51. The standard InChI is InChI=1S/C7H11N3O2/c1-4(8-2)6-9-3-5(10-6)7(11)12/h3-4,8H,1-2H3,(H,9,10)(H,11,12). The van der Waals surface area contributed by atoms with Gasteiger partial charge in [-0.2, -0.15) is 0 Å². The van der Waals surface area contributed by atoms with E-state index < -0.39 is 5.97 Å². The largest absolute Gasteiger partial charge is 0.477 e. The third kappa shape index (κ3) is 1.62. The fraction of sp³-hybridized carbons (Fsp3) is 0.429. The van der Waals surface area contributed by atoms with Crippen LogP contribution in [-0.2, 0) is 0 Å². The maximum absolute atomic E-state index is 10.4. The summed E-state index contributed by atoms with van der Waals surface area (Å²) in [6.45, 7) is 1.89. The molecule has 1 rings (SSSR count). The second-order valence-electron chi connectivity index (χ2n) is 2.50. The van der Waals surface area contributed by atoms with E-state index in [1.54, 1.807) is 7.05 Å². The first-order valence-corrected chi connectivity index (χ1v) is 3.60. The molecule has 5 nitrogen and oxygen atoms in total. The van der Waals surface area contributed by atoms with Crippen LogP contribution < -0.4 is 5.32 Å². The first kappa shape index (κ1) is 8.73. The van der Waals surface area contributed by atoms with E-state index in [0.717, 1.165) is 0 Å². The molecule has 12 heavy (non-hydrogen) atoms. The molecule has 0 aliphatic rings. The molecule has 0 spiro atoms. The SMILES string of the molecule is CNC(C)c1ncc(C(=O)O)[nH]1. The fourth-order valence-electron chi connectivity index (χ4n) is 0.802. The van der Waals surface area contributed by atoms with E-state index in [9.17, 15) is 4.79 Å². The van der Waals surface area contributed by atoms with Crippen LogP contribution in [0.1, 0.15) is 29.3 Å². The molecule has 0 aliphatic carbocycles. The van der Waals surface area contributed by atoms with Crippen LogP contribution in [0.25, 0.3) is 0 Å². The van der Waals surface area contributed by atoms with Crippen LogP contribution in [0.4, 0.5) is 0 Å². The van der Waals surface area contributed by atoms with Crippen LogP contribution in [0.2, 0.25) is 0 Å². The summed E-state index contributed by atoms with van der Waals surface area (Å²) in [6, 6.07) is 0.0399. The maximum Gasteiger partial charge on any atom is 0.353 e. The molecule has 0 radical (unpaired) electrons. The highest BCUT2D eigenvalue weighted by Gasteiger charge is 2.10. The Kier molecular flexibility index (Phi) is 2.44. The summed E-state index contributed by atoms with van der Waals surface area (Å²) in [5.74, 6) is -0.355. The number of carboxylic acid groups (broad SMARTS) is 1. The van der Waals surface area contributed by atoms with Crippen molar-refractivity contribution in [1.82, 2.24) is 15.3 Å². The third-order valence-electron chi connectivity index (χ3n) is 1.67. The summed E-state index contributed by atoms with van der Waals surface area (Å²) in [7, 11) is 1.79. The lowest BCUT2D eigenvalue weighted by Gasteiger charge is -2.04. The first-order valence-electron chi connectivity index (χ1n) is 3.60. The van der Waals surface area contributed by atoms with Crippen molar-refractivity contribution in [1.29, 1.82) is 0 Å². The molecule has 3 N–H and O–H groups in total. The summed E-state index contributed by atoms with van der Waals surface area (Å²) in [4.78, 5) is 17.0. The summed E-state index contributed by atoms with van der Waals surface area (Å²) >= 11 is 0. The predicted molar refractivity (Wildman–Crippen MR) is 43.0 cm³/mol. The summed E-state index contributed by atoms with van der Waals surface area (Å²) in [5.41, 5.74) is 0.118. The number of carbonyl (C=O) groups is 1. The number of aromatic carboxylic acids is 1. The van der Waals surface area contributed by atoms with Gasteiger partial charge in [-0.1, -0.05) is 0 Å². The van der Waals surface area contributed by atoms with Gasteiger partial charge in [-0.05, 0) is 14.0 Å². The maximum atomic E-state index is 10.4. The molecule has 0 aliphatic heterocycles. The van der Waals surface area contributed by atoms with Gasteiger partial charge in [0.25, 0.3) is 0 Å². The molecule has 0 saturated carbocycles. The van der Waals surface area contributed by atoms with Crippen LogP contribution >= 0.6 is 0 Å². The quantitative estimate of drug-likeness (QED) is 0.611. The molecular formula is C7H11N3O2. The Morgan fingerprint density at radius 2 is 2.50 bits per heavy atom. The number of H-pyrrole nitrogens is 1. The van der Waals surface area contributed by atoms with Gasteiger partial charge in [0.15, 0.2) is 0 Å². The first-order chi connectivity index (χ1) is 5.65. The number of aromatic nitrogens is 2. The molecule has 0 bridgehead atoms. The normalized spacial score (nSPS) is 12.8.